The Labute approximate surface area is 150 Å². The van der Waals surface area contributed by atoms with Crippen molar-refractivity contribution in [2.24, 2.45) is 0 Å². The zero-order valence-electron chi connectivity index (χ0n) is 14.3. The largest absolute Gasteiger partial charge is 0.490 e. The number of amides is 1. The minimum Gasteiger partial charge on any atom is -0.490 e. The van der Waals surface area contributed by atoms with Crippen LogP contribution in [0.4, 0.5) is 5.69 Å². The van der Waals surface area contributed by atoms with E-state index >= 15 is 0 Å². The van der Waals surface area contributed by atoms with E-state index in [1.54, 1.807) is 25.1 Å². The molecule has 0 spiro atoms. The zero-order valence-corrected chi connectivity index (χ0v) is 14.3. The van der Waals surface area contributed by atoms with Crippen LogP contribution in [0.5, 0.6) is 11.5 Å². The normalized spacial score (nSPS) is 13.1. The molecule has 0 unspecified atom stereocenters. The monoisotopic (exact) mass is 350 g/mol. The number of aryl methyl sites for hydroxylation is 1. The molecule has 0 saturated carbocycles. The van der Waals surface area contributed by atoms with E-state index in [2.05, 4.69) is 10.3 Å². The van der Waals surface area contributed by atoms with Gasteiger partial charge in [-0.25, -0.2) is 4.98 Å². The summed E-state index contributed by atoms with van der Waals surface area (Å²) in [5, 5.41) is 2.84. The lowest BCUT2D eigenvalue weighted by atomic mass is 10.2. The van der Waals surface area contributed by atoms with E-state index in [0.717, 1.165) is 12.0 Å². The molecule has 6 nitrogen and oxygen atoms in total. The Morgan fingerprint density at radius 2 is 1.81 bits per heavy atom. The summed E-state index contributed by atoms with van der Waals surface area (Å²) in [6.45, 7) is 2.94. The summed E-state index contributed by atoms with van der Waals surface area (Å²) >= 11 is 0. The summed E-state index contributed by atoms with van der Waals surface area (Å²) in [5.41, 5.74) is 1.70. The second-order valence-electron chi connectivity index (χ2n) is 5.96. The minimum absolute atomic E-state index is 0.260. The molecule has 6 heteroatoms. The molecule has 0 bridgehead atoms. The van der Waals surface area contributed by atoms with E-state index in [0.29, 0.717) is 42.1 Å². The summed E-state index contributed by atoms with van der Waals surface area (Å²) in [6, 6.07) is 14.8. The molecule has 1 amide bonds. The van der Waals surface area contributed by atoms with Crippen molar-refractivity contribution in [3.8, 4) is 23.0 Å². The highest BCUT2D eigenvalue weighted by Crippen LogP contribution is 2.32. The molecule has 132 valence electrons. The molecule has 0 fully saturated rings. The van der Waals surface area contributed by atoms with E-state index in [4.69, 9.17) is 13.9 Å². The third-order valence-corrected chi connectivity index (χ3v) is 4.04. The maximum absolute atomic E-state index is 12.6. The molecule has 1 aliphatic heterocycles. The van der Waals surface area contributed by atoms with Crippen molar-refractivity contribution in [2.75, 3.05) is 18.5 Å². The van der Waals surface area contributed by atoms with Crippen LogP contribution >= 0.6 is 0 Å². The van der Waals surface area contributed by atoms with E-state index in [1.165, 1.54) is 0 Å². The number of hydrogen-bond donors (Lipinski definition) is 1. The Morgan fingerprint density at radius 3 is 2.62 bits per heavy atom. The number of anilines is 1. The Kier molecular flexibility index (Phi) is 4.31. The van der Waals surface area contributed by atoms with Gasteiger partial charge in [0.1, 0.15) is 5.76 Å². The first-order valence-electron chi connectivity index (χ1n) is 8.44. The molecule has 0 radical (unpaired) electrons. The molecule has 0 saturated heterocycles. The van der Waals surface area contributed by atoms with Crippen molar-refractivity contribution in [3.63, 3.8) is 0 Å². The summed E-state index contributed by atoms with van der Waals surface area (Å²) in [4.78, 5) is 17.0. The predicted octanol–water partition coefficient (Wildman–Crippen LogP) is 4.06. The molecule has 2 heterocycles. The average Bonchev–Trinajstić information content (AvgIpc) is 2.90. The van der Waals surface area contributed by atoms with Crippen molar-refractivity contribution in [1.82, 2.24) is 4.98 Å². The van der Waals surface area contributed by atoms with Gasteiger partial charge in [0.05, 0.1) is 13.2 Å². The van der Waals surface area contributed by atoms with Crippen LogP contribution in [-0.4, -0.2) is 24.1 Å². The maximum Gasteiger partial charge on any atom is 0.277 e. The van der Waals surface area contributed by atoms with Gasteiger partial charge in [0.2, 0.25) is 5.89 Å². The quantitative estimate of drug-likeness (QED) is 0.771. The number of aromatic nitrogens is 1. The molecule has 2 aromatic carbocycles. The molecule has 0 aliphatic carbocycles. The van der Waals surface area contributed by atoms with Crippen molar-refractivity contribution >= 4 is 11.6 Å². The van der Waals surface area contributed by atoms with Gasteiger partial charge < -0.3 is 19.2 Å². The van der Waals surface area contributed by atoms with Gasteiger partial charge in [-0.3, -0.25) is 4.79 Å². The number of benzene rings is 2. The van der Waals surface area contributed by atoms with E-state index in [9.17, 15) is 4.79 Å². The van der Waals surface area contributed by atoms with Gasteiger partial charge in [-0.1, -0.05) is 18.2 Å². The van der Waals surface area contributed by atoms with Gasteiger partial charge in [-0.15, -0.1) is 0 Å². The van der Waals surface area contributed by atoms with Crippen LogP contribution < -0.4 is 14.8 Å². The van der Waals surface area contributed by atoms with Crippen molar-refractivity contribution in [1.29, 1.82) is 0 Å². The van der Waals surface area contributed by atoms with Crippen LogP contribution in [0.15, 0.2) is 52.9 Å². The number of carbonyl (C=O) groups excluding carboxylic acids is 1. The third kappa shape index (κ3) is 3.26. The summed E-state index contributed by atoms with van der Waals surface area (Å²) in [5.74, 6) is 1.87. The molecule has 0 atom stereocenters. The Morgan fingerprint density at radius 1 is 1.04 bits per heavy atom. The number of ether oxygens (including phenoxy) is 2. The molecular weight excluding hydrogens is 332 g/mol. The predicted molar refractivity (Wildman–Crippen MR) is 96.7 cm³/mol. The third-order valence-electron chi connectivity index (χ3n) is 4.04. The SMILES string of the molecule is Cc1oc(-c2ccccc2)nc1C(=O)Nc1ccc2c(c1)OCCCO2. The molecule has 4 rings (SSSR count). The molecular formula is C20H18N2O4. The minimum atomic E-state index is -0.331. The topological polar surface area (TPSA) is 73.6 Å². The van der Waals surface area contributed by atoms with Crippen molar-refractivity contribution in [3.05, 3.63) is 60.0 Å². The van der Waals surface area contributed by atoms with Crippen LogP contribution in [0.3, 0.4) is 0 Å². The maximum atomic E-state index is 12.6. The van der Waals surface area contributed by atoms with Gasteiger partial charge in [0.15, 0.2) is 17.2 Å². The van der Waals surface area contributed by atoms with E-state index < -0.39 is 0 Å². The smallest absolute Gasteiger partial charge is 0.277 e. The van der Waals surface area contributed by atoms with Crippen LogP contribution in [0.25, 0.3) is 11.5 Å². The number of nitrogens with one attached hydrogen (secondary N) is 1. The fourth-order valence-electron chi connectivity index (χ4n) is 2.74. The molecule has 1 N–H and O–H groups in total. The van der Waals surface area contributed by atoms with Crippen LogP contribution in [-0.2, 0) is 0 Å². The summed E-state index contributed by atoms with van der Waals surface area (Å²) in [6.07, 6.45) is 0.830. The molecule has 1 aromatic heterocycles. The van der Waals surface area contributed by atoms with Crippen LogP contribution in [0.2, 0.25) is 0 Å². The number of nitrogens with zero attached hydrogens (tertiary/aromatic N) is 1. The summed E-state index contributed by atoms with van der Waals surface area (Å²) < 4.78 is 16.9. The van der Waals surface area contributed by atoms with Gasteiger partial charge in [-0.2, -0.15) is 0 Å². The van der Waals surface area contributed by atoms with E-state index in [-0.39, 0.29) is 11.6 Å². The first kappa shape index (κ1) is 16.2. The Bertz CT molecular complexity index is 934. The second-order valence-corrected chi connectivity index (χ2v) is 5.96. The number of oxazole rings is 1. The number of hydrogen-bond acceptors (Lipinski definition) is 5. The molecule has 1 aliphatic rings. The van der Waals surface area contributed by atoms with Crippen molar-refractivity contribution in [2.45, 2.75) is 13.3 Å². The molecule has 26 heavy (non-hydrogen) atoms. The number of fused-ring (bicyclic) bond motifs is 1. The fraction of sp³-hybridized carbons (Fsp3) is 0.200. The molecule has 3 aromatic rings. The van der Waals surface area contributed by atoms with Crippen LogP contribution in [0, 0.1) is 6.92 Å². The van der Waals surface area contributed by atoms with E-state index in [1.807, 2.05) is 30.3 Å². The lowest BCUT2D eigenvalue weighted by Gasteiger charge is -2.09. The van der Waals surface area contributed by atoms with Gasteiger partial charge in [0.25, 0.3) is 5.91 Å². The fourth-order valence-corrected chi connectivity index (χ4v) is 2.74. The highest BCUT2D eigenvalue weighted by atomic mass is 16.5. The second kappa shape index (κ2) is 6.92. The highest BCUT2D eigenvalue weighted by molar-refractivity contribution is 6.04. The number of rotatable bonds is 3. The van der Waals surface area contributed by atoms with Gasteiger partial charge in [0, 0.05) is 23.7 Å². The summed E-state index contributed by atoms with van der Waals surface area (Å²) in [7, 11) is 0. The first-order valence-corrected chi connectivity index (χ1v) is 8.44. The Balaban J connectivity index is 1.55. The van der Waals surface area contributed by atoms with Gasteiger partial charge >= 0.3 is 0 Å². The first-order chi connectivity index (χ1) is 12.7. The Hall–Kier alpha value is -3.28. The zero-order chi connectivity index (χ0) is 17.9. The highest BCUT2D eigenvalue weighted by Gasteiger charge is 2.19. The lowest BCUT2D eigenvalue weighted by molar-refractivity contribution is 0.102. The van der Waals surface area contributed by atoms with Crippen molar-refractivity contribution < 1.29 is 18.7 Å². The lowest BCUT2D eigenvalue weighted by Crippen LogP contribution is -2.13. The standard InChI is InChI=1S/C20H18N2O4/c1-13-18(22-20(26-13)14-6-3-2-4-7-14)19(23)21-15-8-9-16-17(12-15)25-11-5-10-24-16/h2-4,6-9,12H,5,10-11H2,1H3,(H,21,23). The van der Waals surface area contributed by atoms with Gasteiger partial charge in [-0.05, 0) is 31.2 Å². The average molecular weight is 350 g/mol. The number of carbonyl (C=O) groups is 1. The van der Waals surface area contributed by atoms with Crippen LogP contribution in [0.1, 0.15) is 22.7 Å².